The predicted molar refractivity (Wildman–Crippen MR) is 80.5 cm³/mol. The third-order valence-corrected chi connectivity index (χ3v) is 5.84. The van der Waals surface area contributed by atoms with Crippen LogP contribution in [0.1, 0.15) is 6.92 Å². The Hall–Kier alpha value is -0.740. The maximum absolute atomic E-state index is 11.2. The van der Waals surface area contributed by atoms with Crippen LogP contribution < -0.4 is 10.5 Å². The zero-order valence-corrected chi connectivity index (χ0v) is 13.4. The van der Waals surface area contributed by atoms with Crippen LogP contribution in [0.2, 0.25) is 0 Å². The van der Waals surface area contributed by atoms with Crippen LogP contribution in [0, 0.1) is 0 Å². The SMILES string of the molecule is CC(CNc1ncc(S(N)(=O)=O)s1)N1CCN(C)CC1. The van der Waals surface area contributed by atoms with Crippen LogP contribution in [0.5, 0.6) is 0 Å². The predicted octanol–water partition coefficient (Wildman–Crippen LogP) is -0.162. The summed E-state index contributed by atoms with van der Waals surface area (Å²) in [6, 6.07) is 0.380. The Morgan fingerprint density at radius 2 is 2.10 bits per heavy atom. The highest BCUT2D eigenvalue weighted by Gasteiger charge is 2.19. The minimum atomic E-state index is -3.65. The molecule has 0 saturated carbocycles. The summed E-state index contributed by atoms with van der Waals surface area (Å²) >= 11 is 1.07. The largest absolute Gasteiger partial charge is 0.360 e. The number of nitrogens with one attached hydrogen (secondary N) is 1. The fourth-order valence-corrected chi connectivity index (χ4v) is 3.56. The van der Waals surface area contributed by atoms with Crippen molar-refractivity contribution < 1.29 is 8.42 Å². The van der Waals surface area contributed by atoms with E-state index in [1.807, 2.05) is 0 Å². The van der Waals surface area contributed by atoms with Crippen molar-refractivity contribution >= 4 is 26.5 Å². The highest BCUT2D eigenvalue weighted by Crippen LogP contribution is 2.21. The van der Waals surface area contributed by atoms with Gasteiger partial charge in [0.15, 0.2) is 9.34 Å². The van der Waals surface area contributed by atoms with Crippen molar-refractivity contribution in [3.63, 3.8) is 0 Å². The topological polar surface area (TPSA) is 91.6 Å². The highest BCUT2D eigenvalue weighted by molar-refractivity contribution is 7.91. The van der Waals surface area contributed by atoms with Gasteiger partial charge in [-0.25, -0.2) is 18.5 Å². The molecule has 0 aromatic carbocycles. The van der Waals surface area contributed by atoms with Crippen LogP contribution in [0.3, 0.4) is 0 Å². The van der Waals surface area contributed by atoms with Gasteiger partial charge in [0, 0.05) is 38.8 Å². The molecule has 9 heteroatoms. The molecule has 2 heterocycles. The molecular formula is C11H21N5O2S2. The Morgan fingerprint density at radius 1 is 1.45 bits per heavy atom. The van der Waals surface area contributed by atoms with Crippen LogP contribution in [0.15, 0.2) is 10.4 Å². The lowest BCUT2D eigenvalue weighted by Gasteiger charge is -2.36. The van der Waals surface area contributed by atoms with Crippen LogP contribution in [0.4, 0.5) is 5.13 Å². The van der Waals surface area contributed by atoms with Gasteiger partial charge in [0.05, 0.1) is 6.20 Å². The van der Waals surface area contributed by atoms with Crippen molar-refractivity contribution in [3.8, 4) is 0 Å². The van der Waals surface area contributed by atoms with E-state index >= 15 is 0 Å². The Balaban J connectivity index is 1.84. The molecule has 2 rings (SSSR count). The monoisotopic (exact) mass is 319 g/mol. The second kappa shape index (κ2) is 6.35. The maximum Gasteiger partial charge on any atom is 0.249 e. The number of hydrogen-bond donors (Lipinski definition) is 2. The minimum absolute atomic E-state index is 0.0900. The van der Waals surface area contributed by atoms with Gasteiger partial charge < -0.3 is 10.2 Å². The standard InChI is InChI=1S/C11H21N5O2S2/c1-9(16-5-3-15(2)4-6-16)7-13-11-14-8-10(19-11)20(12,17)18/h8-9H,3-7H2,1-2H3,(H,13,14)(H2,12,17,18). The van der Waals surface area contributed by atoms with Crippen LogP contribution in [0.25, 0.3) is 0 Å². The van der Waals surface area contributed by atoms with Gasteiger partial charge in [0.25, 0.3) is 0 Å². The van der Waals surface area contributed by atoms with E-state index in [1.54, 1.807) is 0 Å². The van der Waals surface area contributed by atoms with E-state index in [9.17, 15) is 8.42 Å². The second-order valence-corrected chi connectivity index (χ2v) is 7.92. The molecule has 0 spiro atoms. The Kier molecular flexibility index (Phi) is 4.97. The molecule has 1 unspecified atom stereocenters. The number of nitrogens with two attached hydrogens (primary N) is 1. The number of aromatic nitrogens is 1. The molecule has 1 saturated heterocycles. The van der Waals surface area contributed by atoms with E-state index in [0.717, 1.165) is 44.1 Å². The summed E-state index contributed by atoms with van der Waals surface area (Å²) in [5.74, 6) is 0. The first-order valence-corrected chi connectivity index (χ1v) is 8.87. The molecule has 1 atom stereocenters. The number of likely N-dealkylation sites (N-methyl/N-ethyl adjacent to an activating group) is 1. The lowest BCUT2D eigenvalue weighted by molar-refractivity contribution is 0.123. The van der Waals surface area contributed by atoms with Gasteiger partial charge in [-0.1, -0.05) is 11.3 Å². The average Bonchev–Trinajstić information content (AvgIpc) is 2.85. The number of sulfonamides is 1. The first-order chi connectivity index (χ1) is 9.36. The van der Waals surface area contributed by atoms with Crippen molar-refractivity contribution in [2.75, 3.05) is 45.1 Å². The molecule has 0 bridgehead atoms. The second-order valence-electron chi connectivity index (χ2n) is 5.10. The van der Waals surface area contributed by atoms with Crippen molar-refractivity contribution in [2.45, 2.75) is 17.2 Å². The number of piperazine rings is 1. The zero-order chi connectivity index (χ0) is 14.8. The third kappa shape index (κ3) is 4.13. The van der Waals surface area contributed by atoms with Gasteiger partial charge in [0.1, 0.15) is 0 Å². The lowest BCUT2D eigenvalue weighted by Crippen LogP contribution is -2.49. The smallest absolute Gasteiger partial charge is 0.249 e. The van der Waals surface area contributed by atoms with E-state index in [2.05, 4.69) is 34.1 Å². The fraction of sp³-hybridized carbons (Fsp3) is 0.727. The van der Waals surface area contributed by atoms with E-state index in [1.165, 1.54) is 6.20 Å². The molecule has 1 fully saturated rings. The summed E-state index contributed by atoms with van der Waals surface area (Å²) in [6.45, 7) is 7.17. The molecule has 3 N–H and O–H groups in total. The van der Waals surface area contributed by atoms with Gasteiger partial charge >= 0.3 is 0 Å². The molecule has 1 aromatic rings. The van der Waals surface area contributed by atoms with Crippen LogP contribution in [-0.2, 0) is 10.0 Å². The first kappa shape index (κ1) is 15.6. The highest BCUT2D eigenvalue weighted by atomic mass is 32.2. The van der Waals surface area contributed by atoms with Gasteiger partial charge in [0.2, 0.25) is 10.0 Å². The fourth-order valence-electron chi connectivity index (χ4n) is 2.10. The molecule has 1 aliphatic rings. The molecule has 20 heavy (non-hydrogen) atoms. The molecule has 0 amide bonds. The molecule has 1 aliphatic heterocycles. The van der Waals surface area contributed by atoms with E-state index in [4.69, 9.17) is 5.14 Å². The van der Waals surface area contributed by atoms with Crippen molar-refractivity contribution in [1.82, 2.24) is 14.8 Å². The number of primary sulfonamides is 1. The van der Waals surface area contributed by atoms with Crippen LogP contribution >= 0.6 is 11.3 Å². The van der Waals surface area contributed by atoms with E-state index in [0.29, 0.717) is 11.2 Å². The average molecular weight is 319 g/mol. The van der Waals surface area contributed by atoms with Gasteiger partial charge in [-0.2, -0.15) is 0 Å². The van der Waals surface area contributed by atoms with Gasteiger partial charge in [-0.3, -0.25) is 4.90 Å². The Labute approximate surface area is 123 Å². The Morgan fingerprint density at radius 3 is 2.65 bits per heavy atom. The van der Waals surface area contributed by atoms with Crippen molar-refractivity contribution in [3.05, 3.63) is 6.20 Å². The lowest BCUT2D eigenvalue weighted by atomic mass is 10.2. The Bertz CT molecular complexity index is 537. The number of anilines is 1. The van der Waals surface area contributed by atoms with Crippen molar-refractivity contribution in [1.29, 1.82) is 0 Å². The summed E-state index contributed by atoms with van der Waals surface area (Å²) in [4.78, 5) is 8.77. The molecule has 0 aliphatic carbocycles. The third-order valence-electron chi connectivity index (χ3n) is 3.47. The summed E-state index contributed by atoms with van der Waals surface area (Å²) in [6.07, 6.45) is 1.29. The minimum Gasteiger partial charge on any atom is -0.360 e. The van der Waals surface area contributed by atoms with E-state index < -0.39 is 10.0 Å². The summed E-state index contributed by atoms with van der Waals surface area (Å²) < 4.78 is 22.4. The first-order valence-electron chi connectivity index (χ1n) is 6.51. The number of rotatable bonds is 5. The number of nitrogens with zero attached hydrogens (tertiary/aromatic N) is 3. The summed E-state index contributed by atoms with van der Waals surface area (Å²) in [7, 11) is -1.52. The summed E-state index contributed by atoms with van der Waals surface area (Å²) in [5, 5.41) is 8.83. The van der Waals surface area contributed by atoms with Crippen molar-refractivity contribution in [2.24, 2.45) is 5.14 Å². The molecule has 1 aromatic heterocycles. The van der Waals surface area contributed by atoms with Gasteiger partial charge in [-0.15, -0.1) is 0 Å². The number of hydrogen-bond acceptors (Lipinski definition) is 7. The van der Waals surface area contributed by atoms with Crippen LogP contribution in [-0.4, -0.2) is 69.0 Å². The molecule has 0 radical (unpaired) electrons. The zero-order valence-electron chi connectivity index (χ0n) is 11.7. The molecule has 7 nitrogen and oxygen atoms in total. The number of thiazole rings is 1. The quantitative estimate of drug-likeness (QED) is 0.783. The van der Waals surface area contributed by atoms with Gasteiger partial charge in [-0.05, 0) is 14.0 Å². The summed E-state index contributed by atoms with van der Waals surface area (Å²) in [5.41, 5.74) is 0. The molecule has 114 valence electrons. The maximum atomic E-state index is 11.2. The van der Waals surface area contributed by atoms with E-state index in [-0.39, 0.29) is 4.21 Å². The normalized spacial score (nSPS) is 19.9. The molecular weight excluding hydrogens is 298 g/mol.